The van der Waals surface area contributed by atoms with E-state index in [1.807, 2.05) is 0 Å². The third-order valence-corrected chi connectivity index (χ3v) is 2.11. The largest absolute Gasteiger partial charge is 0.389 e. The monoisotopic (exact) mass is 229 g/mol. The SMILES string of the molecule is N#CCC(O)C(O)c1cc(F)cc(Cl)c1. The topological polar surface area (TPSA) is 64.2 Å². The average molecular weight is 230 g/mol. The Balaban J connectivity index is 2.91. The molecule has 5 heteroatoms. The van der Waals surface area contributed by atoms with Crippen LogP contribution in [0.3, 0.4) is 0 Å². The molecule has 3 nitrogen and oxygen atoms in total. The Kier molecular flexibility index (Phi) is 4.04. The van der Waals surface area contributed by atoms with E-state index in [9.17, 15) is 14.6 Å². The van der Waals surface area contributed by atoms with Gasteiger partial charge in [0.25, 0.3) is 0 Å². The molecule has 15 heavy (non-hydrogen) atoms. The summed E-state index contributed by atoms with van der Waals surface area (Å²) in [4.78, 5) is 0. The minimum atomic E-state index is -1.31. The third kappa shape index (κ3) is 3.17. The van der Waals surface area contributed by atoms with Gasteiger partial charge in [-0.05, 0) is 23.8 Å². The summed E-state index contributed by atoms with van der Waals surface area (Å²) in [6, 6.07) is 5.21. The van der Waals surface area contributed by atoms with Crippen LogP contribution in [0, 0.1) is 17.1 Å². The summed E-state index contributed by atoms with van der Waals surface area (Å²) < 4.78 is 12.9. The standard InChI is InChI=1S/C10H9ClFNO2/c11-7-3-6(4-8(12)5-7)10(15)9(14)1-2-13/h3-5,9-10,14-15H,1H2. The maximum Gasteiger partial charge on any atom is 0.125 e. The van der Waals surface area contributed by atoms with Gasteiger partial charge in [0, 0.05) is 5.02 Å². The highest BCUT2D eigenvalue weighted by Crippen LogP contribution is 2.23. The first-order valence-electron chi connectivity index (χ1n) is 4.23. The Labute approximate surface area is 91.3 Å². The molecule has 0 aliphatic rings. The lowest BCUT2D eigenvalue weighted by atomic mass is 10.0. The second-order valence-corrected chi connectivity index (χ2v) is 3.51. The van der Waals surface area contributed by atoms with Crippen molar-refractivity contribution in [2.45, 2.75) is 18.6 Å². The summed E-state index contributed by atoms with van der Waals surface area (Å²) in [5, 5.41) is 27.3. The number of nitrogens with zero attached hydrogens (tertiary/aromatic N) is 1. The van der Waals surface area contributed by atoms with Gasteiger partial charge in [-0.15, -0.1) is 0 Å². The van der Waals surface area contributed by atoms with Crippen LogP contribution < -0.4 is 0 Å². The molecule has 2 N–H and O–H groups in total. The number of hydrogen-bond donors (Lipinski definition) is 2. The summed E-state index contributed by atoms with van der Waals surface area (Å²) in [5.74, 6) is -0.597. The smallest absolute Gasteiger partial charge is 0.125 e. The fraction of sp³-hybridized carbons (Fsp3) is 0.300. The molecular weight excluding hydrogens is 221 g/mol. The highest BCUT2D eigenvalue weighted by Gasteiger charge is 2.18. The fourth-order valence-electron chi connectivity index (χ4n) is 1.17. The summed E-state index contributed by atoms with van der Waals surface area (Å²) in [5.41, 5.74) is 0.155. The van der Waals surface area contributed by atoms with Gasteiger partial charge in [-0.1, -0.05) is 11.6 Å². The molecule has 80 valence electrons. The zero-order valence-electron chi connectivity index (χ0n) is 7.69. The van der Waals surface area contributed by atoms with Crippen molar-refractivity contribution in [3.05, 3.63) is 34.6 Å². The number of halogens is 2. The molecule has 0 spiro atoms. The van der Waals surface area contributed by atoms with Crippen LogP contribution >= 0.6 is 11.6 Å². The minimum Gasteiger partial charge on any atom is -0.389 e. The second-order valence-electron chi connectivity index (χ2n) is 3.08. The second kappa shape index (κ2) is 5.08. The van der Waals surface area contributed by atoms with Crippen molar-refractivity contribution >= 4 is 11.6 Å². The van der Waals surface area contributed by atoms with Gasteiger partial charge in [0.2, 0.25) is 0 Å². The molecule has 0 heterocycles. The molecular formula is C10H9ClFNO2. The van der Waals surface area contributed by atoms with Gasteiger partial charge in [-0.25, -0.2) is 4.39 Å². The first-order valence-corrected chi connectivity index (χ1v) is 4.61. The van der Waals surface area contributed by atoms with Gasteiger partial charge in [-0.3, -0.25) is 0 Å². The normalized spacial score (nSPS) is 14.3. The molecule has 1 aromatic carbocycles. The van der Waals surface area contributed by atoms with E-state index in [1.54, 1.807) is 6.07 Å². The molecule has 0 aliphatic carbocycles. The van der Waals surface area contributed by atoms with Gasteiger partial charge in [0.1, 0.15) is 11.9 Å². The highest BCUT2D eigenvalue weighted by atomic mass is 35.5. The van der Waals surface area contributed by atoms with E-state index in [1.165, 1.54) is 6.07 Å². The van der Waals surface area contributed by atoms with Crippen molar-refractivity contribution in [3.63, 3.8) is 0 Å². The van der Waals surface area contributed by atoms with Crippen molar-refractivity contribution < 1.29 is 14.6 Å². The fourth-order valence-corrected chi connectivity index (χ4v) is 1.40. The molecule has 0 bridgehead atoms. The molecule has 0 amide bonds. The molecule has 2 atom stereocenters. The maximum absolute atomic E-state index is 12.9. The predicted octanol–water partition coefficient (Wildman–Crippen LogP) is 1.79. The lowest BCUT2D eigenvalue weighted by Crippen LogP contribution is -2.17. The molecule has 0 radical (unpaired) electrons. The molecule has 1 rings (SSSR count). The number of aliphatic hydroxyl groups excluding tert-OH is 2. The van der Waals surface area contributed by atoms with Gasteiger partial charge >= 0.3 is 0 Å². The van der Waals surface area contributed by atoms with Crippen LogP contribution in [-0.4, -0.2) is 16.3 Å². The van der Waals surface area contributed by atoms with Crippen LogP contribution in [0.2, 0.25) is 5.02 Å². The summed E-state index contributed by atoms with van der Waals surface area (Å²) in [6.07, 6.45) is -2.78. The van der Waals surface area contributed by atoms with Crippen molar-refractivity contribution in [1.82, 2.24) is 0 Å². The van der Waals surface area contributed by atoms with Crippen LogP contribution in [0.4, 0.5) is 4.39 Å². The Morgan fingerprint density at radius 2 is 2.07 bits per heavy atom. The van der Waals surface area contributed by atoms with E-state index >= 15 is 0 Å². The van der Waals surface area contributed by atoms with E-state index in [-0.39, 0.29) is 17.0 Å². The van der Waals surface area contributed by atoms with Crippen molar-refractivity contribution in [3.8, 4) is 6.07 Å². The van der Waals surface area contributed by atoms with Gasteiger partial charge in [0.05, 0.1) is 18.6 Å². The number of benzene rings is 1. The third-order valence-electron chi connectivity index (χ3n) is 1.89. The molecule has 0 saturated heterocycles. The molecule has 0 fully saturated rings. The van der Waals surface area contributed by atoms with E-state index in [0.29, 0.717) is 0 Å². The first-order chi connectivity index (χ1) is 7.04. The zero-order chi connectivity index (χ0) is 11.4. The Morgan fingerprint density at radius 3 is 2.60 bits per heavy atom. The Hall–Kier alpha value is -1.15. The quantitative estimate of drug-likeness (QED) is 0.831. The zero-order valence-corrected chi connectivity index (χ0v) is 8.45. The highest BCUT2D eigenvalue weighted by molar-refractivity contribution is 6.30. The lowest BCUT2D eigenvalue weighted by Gasteiger charge is -2.15. The number of rotatable bonds is 3. The van der Waals surface area contributed by atoms with Crippen LogP contribution in [0.15, 0.2) is 18.2 Å². The minimum absolute atomic E-state index is 0.133. The van der Waals surface area contributed by atoms with Crippen LogP contribution in [0.1, 0.15) is 18.1 Å². The molecule has 2 unspecified atom stereocenters. The summed E-state index contributed by atoms with van der Waals surface area (Å²) in [7, 11) is 0. The average Bonchev–Trinajstić information content (AvgIpc) is 2.15. The number of aliphatic hydroxyl groups is 2. The number of nitriles is 1. The van der Waals surface area contributed by atoms with Gasteiger partial charge in [-0.2, -0.15) is 5.26 Å². The molecule has 0 aromatic heterocycles. The van der Waals surface area contributed by atoms with E-state index in [0.717, 1.165) is 12.1 Å². The maximum atomic E-state index is 12.9. The van der Waals surface area contributed by atoms with Crippen LogP contribution in [0.25, 0.3) is 0 Å². The first kappa shape index (κ1) is 11.9. The van der Waals surface area contributed by atoms with E-state index < -0.39 is 18.0 Å². The van der Waals surface area contributed by atoms with E-state index in [2.05, 4.69) is 0 Å². The van der Waals surface area contributed by atoms with Crippen LogP contribution in [-0.2, 0) is 0 Å². The predicted molar refractivity (Wildman–Crippen MR) is 52.6 cm³/mol. The molecule has 0 aliphatic heterocycles. The summed E-state index contributed by atoms with van der Waals surface area (Å²) >= 11 is 5.58. The summed E-state index contributed by atoms with van der Waals surface area (Å²) in [6.45, 7) is 0. The Bertz CT molecular complexity index is 371. The van der Waals surface area contributed by atoms with Crippen molar-refractivity contribution in [1.29, 1.82) is 5.26 Å². The van der Waals surface area contributed by atoms with Gasteiger partial charge in [0.15, 0.2) is 0 Å². The lowest BCUT2D eigenvalue weighted by molar-refractivity contribution is 0.0215. The number of hydrogen-bond acceptors (Lipinski definition) is 3. The van der Waals surface area contributed by atoms with E-state index in [4.69, 9.17) is 16.9 Å². The van der Waals surface area contributed by atoms with Crippen molar-refractivity contribution in [2.24, 2.45) is 0 Å². The van der Waals surface area contributed by atoms with Crippen LogP contribution in [0.5, 0.6) is 0 Å². The van der Waals surface area contributed by atoms with Gasteiger partial charge < -0.3 is 10.2 Å². The van der Waals surface area contributed by atoms with Crippen molar-refractivity contribution in [2.75, 3.05) is 0 Å². The molecule has 0 saturated carbocycles. The Morgan fingerprint density at radius 1 is 1.40 bits per heavy atom. The molecule has 1 aromatic rings.